The molecule has 1 rings (SSSR count). The van der Waals surface area contributed by atoms with Gasteiger partial charge < -0.3 is 20.5 Å². The molecule has 0 aromatic heterocycles. The lowest BCUT2D eigenvalue weighted by Crippen LogP contribution is -2.26. The number of rotatable bonds is 8. The molecule has 112 valence electrons. The lowest BCUT2D eigenvalue weighted by molar-refractivity contribution is -0.116. The van der Waals surface area contributed by atoms with Gasteiger partial charge in [-0.3, -0.25) is 4.79 Å². The van der Waals surface area contributed by atoms with E-state index < -0.39 is 0 Å². The third-order valence-electron chi connectivity index (χ3n) is 2.80. The second-order valence-electron chi connectivity index (χ2n) is 4.45. The van der Waals surface area contributed by atoms with Crippen LogP contribution < -0.4 is 20.5 Å². The van der Waals surface area contributed by atoms with Gasteiger partial charge in [0.2, 0.25) is 5.91 Å². The van der Waals surface area contributed by atoms with Crippen molar-refractivity contribution in [2.24, 2.45) is 5.73 Å². The molecule has 0 aliphatic carbocycles. The van der Waals surface area contributed by atoms with Crippen molar-refractivity contribution in [1.29, 1.82) is 0 Å². The van der Waals surface area contributed by atoms with Gasteiger partial charge in [-0.25, -0.2) is 0 Å². The lowest BCUT2D eigenvalue weighted by Gasteiger charge is -2.14. The molecule has 5 heteroatoms. The molecular formula is C15H24N2O3. The van der Waals surface area contributed by atoms with Crippen LogP contribution in [0.4, 0.5) is 5.69 Å². The fourth-order valence-corrected chi connectivity index (χ4v) is 1.72. The topological polar surface area (TPSA) is 73.6 Å². The molecule has 0 aliphatic rings. The first-order chi connectivity index (χ1) is 9.60. The molecule has 1 amide bonds. The number of carbonyl (C=O) groups is 1. The molecule has 0 radical (unpaired) electrons. The van der Waals surface area contributed by atoms with Crippen LogP contribution in [0, 0.1) is 0 Å². The van der Waals surface area contributed by atoms with E-state index in [0.29, 0.717) is 36.8 Å². The molecule has 3 N–H and O–H groups in total. The minimum absolute atomic E-state index is 0.0917. The third-order valence-corrected chi connectivity index (χ3v) is 2.80. The van der Waals surface area contributed by atoms with E-state index in [1.807, 2.05) is 20.8 Å². The summed E-state index contributed by atoms with van der Waals surface area (Å²) in [6, 6.07) is 5.25. The Bertz CT molecular complexity index is 435. The Morgan fingerprint density at radius 2 is 1.85 bits per heavy atom. The maximum atomic E-state index is 11.8. The van der Waals surface area contributed by atoms with Crippen LogP contribution in [0.1, 0.15) is 33.6 Å². The first-order valence-electron chi connectivity index (χ1n) is 7.05. The average Bonchev–Trinajstić information content (AvgIpc) is 2.42. The number of amides is 1. The highest BCUT2D eigenvalue weighted by Gasteiger charge is 2.10. The van der Waals surface area contributed by atoms with Crippen molar-refractivity contribution in [2.75, 3.05) is 18.5 Å². The molecule has 0 saturated carbocycles. The average molecular weight is 280 g/mol. The van der Waals surface area contributed by atoms with Crippen molar-refractivity contribution in [1.82, 2.24) is 0 Å². The normalized spacial score (nSPS) is 11.8. The molecule has 0 aliphatic heterocycles. The fourth-order valence-electron chi connectivity index (χ4n) is 1.72. The fraction of sp³-hybridized carbons (Fsp3) is 0.533. The van der Waals surface area contributed by atoms with Gasteiger partial charge in [0.25, 0.3) is 0 Å². The number of benzene rings is 1. The highest BCUT2D eigenvalue weighted by Crippen LogP contribution is 2.30. The summed E-state index contributed by atoms with van der Waals surface area (Å²) >= 11 is 0. The zero-order valence-corrected chi connectivity index (χ0v) is 12.4. The second kappa shape index (κ2) is 8.43. The van der Waals surface area contributed by atoms with Crippen LogP contribution >= 0.6 is 0 Å². The molecule has 0 spiro atoms. The Morgan fingerprint density at radius 1 is 1.20 bits per heavy atom. The molecule has 1 atom stereocenters. The smallest absolute Gasteiger partial charge is 0.225 e. The molecule has 0 fully saturated rings. The van der Waals surface area contributed by atoms with Gasteiger partial charge in [0.15, 0.2) is 11.5 Å². The highest BCUT2D eigenvalue weighted by molar-refractivity contribution is 5.91. The van der Waals surface area contributed by atoms with E-state index in [0.717, 1.165) is 6.42 Å². The number of anilines is 1. The predicted molar refractivity (Wildman–Crippen MR) is 80.3 cm³/mol. The SMILES string of the molecule is CCOc1ccc(NC(=O)CC(N)CC)cc1OCC. The van der Waals surface area contributed by atoms with Crippen molar-refractivity contribution >= 4 is 11.6 Å². The number of ether oxygens (including phenoxy) is 2. The van der Waals surface area contributed by atoms with Crippen LogP contribution in [0.25, 0.3) is 0 Å². The van der Waals surface area contributed by atoms with Gasteiger partial charge >= 0.3 is 0 Å². The van der Waals surface area contributed by atoms with Gasteiger partial charge in [0.1, 0.15) is 0 Å². The number of carbonyl (C=O) groups excluding carboxylic acids is 1. The molecule has 1 aromatic rings. The molecule has 0 bridgehead atoms. The summed E-state index contributed by atoms with van der Waals surface area (Å²) in [5, 5.41) is 2.82. The molecular weight excluding hydrogens is 256 g/mol. The first kappa shape index (κ1) is 16.3. The van der Waals surface area contributed by atoms with Crippen molar-refractivity contribution in [3.8, 4) is 11.5 Å². The zero-order chi connectivity index (χ0) is 15.0. The van der Waals surface area contributed by atoms with E-state index in [4.69, 9.17) is 15.2 Å². The number of hydrogen-bond donors (Lipinski definition) is 2. The van der Waals surface area contributed by atoms with Crippen LogP contribution in [0.2, 0.25) is 0 Å². The summed E-state index contributed by atoms with van der Waals surface area (Å²) in [5.41, 5.74) is 6.45. The summed E-state index contributed by atoms with van der Waals surface area (Å²) in [4.78, 5) is 11.8. The van der Waals surface area contributed by atoms with E-state index in [2.05, 4.69) is 5.32 Å². The summed E-state index contributed by atoms with van der Waals surface area (Å²) in [5.74, 6) is 1.22. The Labute approximate surface area is 120 Å². The van der Waals surface area contributed by atoms with Crippen LogP contribution in [0.15, 0.2) is 18.2 Å². The maximum Gasteiger partial charge on any atom is 0.225 e. The van der Waals surface area contributed by atoms with Gasteiger partial charge in [-0.1, -0.05) is 6.92 Å². The van der Waals surface area contributed by atoms with Gasteiger partial charge in [-0.05, 0) is 32.4 Å². The Morgan fingerprint density at radius 3 is 2.45 bits per heavy atom. The van der Waals surface area contributed by atoms with Crippen LogP contribution in [0.3, 0.4) is 0 Å². The van der Waals surface area contributed by atoms with E-state index in [9.17, 15) is 4.79 Å². The summed E-state index contributed by atoms with van der Waals surface area (Å²) < 4.78 is 11.0. The van der Waals surface area contributed by atoms with Crippen molar-refractivity contribution < 1.29 is 14.3 Å². The molecule has 5 nitrogen and oxygen atoms in total. The monoisotopic (exact) mass is 280 g/mol. The molecule has 0 heterocycles. The Hall–Kier alpha value is -1.75. The molecule has 1 aromatic carbocycles. The standard InChI is InChI=1S/C15H24N2O3/c1-4-11(16)9-15(18)17-12-7-8-13(19-5-2)14(10-12)20-6-3/h7-8,10-11H,4-6,9,16H2,1-3H3,(H,17,18). The van der Waals surface area contributed by atoms with E-state index in [-0.39, 0.29) is 11.9 Å². The van der Waals surface area contributed by atoms with Gasteiger partial charge in [0.05, 0.1) is 13.2 Å². The molecule has 1 unspecified atom stereocenters. The van der Waals surface area contributed by atoms with Crippen LogP contribution in [-0.4, -0.2) is 25.2 Å². The van der Waals surface area contributed by atoms with Crippen LogP contribution in [0.5, 0.6) is 11.5 Å². The first-order valence-corrected chi connectivity index (χ1v) is 7.05. The van der Waals surface area contributed by atoms with Crippen molar-refractivity contribution in [3.63, 3.8) is 0 Å². The van der Waals surface area contributed by atoms with E-state index in [1.54, 1.807) is 18.2 Å². The minimum Gasteiger partial charge on any atom is -0.490 e. The van der Waals surface area contributed by atoms with E-state index in [1.165, 1.54) is 0 Å². The van der Waals surface area contributed by atoms with Crippen molar-refractivity contribution in [2.45, 2.75) is 39.7 Å². The summed E-state index contributed by atoms with van der Waals surface area (Å²) in [6.07, 6.45) is 1.09. The zero-order valence-electron chi connectivity index (χ0n) is 12.4. The third kappa shape index (κ3) is 5.09. The number of nitrogens with two attached hydrogens (primary N) is 1. The molecule has 0 saturated heterocycles. The van der Waals surface area contributed by atoms with Gasteiger partial charge in [-0.2, -0.15) is 0 Å². The van der Waals surface area contributed by atoms with E-state index >= 15 is 0 Å². The number of nitrogens with one attached hydrogen (secondary N) is 1. The summed E-state index contributed by atoms with van der Waals surface area (Å²) in [7, 11) is 0. The minimum atomic E-state index is -0.107. The van der Waals surface area contributed by atoms with Gasteiger partial charge in [0, 0.05) is 24.2 Å². The number of hydrogen-bond acceptors (Lipinski definition) is 4. The quantitative estimate of drug-likeness (QED) is 0.767. The van der Waals surface area contributed by atoms with Gasteiger partial charge in [-0.15, -0.1) is 0 Å². The lowest BCUT2D eigenvalue weighted by atomic mass is 10.1. The molecule has 20 heavy (non-hydrogen) atoms. The Kier molecular flexibility index (Phi) is 6.87. The summed E-state index contributed by atoms with van der Waals surface area (Å²) in [6.45, 7) is 6.89. The predicted octanol–water partition coefficient (Wildman–Crippen LogP) is 2.55. The maximum absolute atomic E-state index is 11.8. The largest absolute Gasteiger partial charge is 0.490 e. The van der Waals surface area contributed by atoms with Crippen molar-refractivity contribution in [3.05, 3.63) is 18.2 Å². The second-order valence-corrected chi connectivity index (χ2v) is 4.45. The van der Waals surface area contributed by atoms with Crippen LogP contribution in [-0.2, 0) is 4.79 Å². The highest BCUT2D eigenvalue weighted by atomic mass is 16.5. The Balaban J connectivity index is 2.75.